The molecule has 1 N–H and O–H groups in total. The summed E-state index contributed by atoms with van der Waals surface area (Å²) in [6.07, 6.45) is 4.31. The SMILES string of the molecule is COc1c(OC2CCCOC2)cccc1C(CC(=O)O)C1CC1. The van der Waals surface area contributed by atoms with Crippen molar-refractivity contribution in [2.24, 2.45) is 5.92 Å². The van der Waals surface area contributed by atoms with Gasteiger partial charge in [0.2, 0.25) is 0 Å². The molecule has 0 aromatic heterocycles. The summed E-state index contributed by atoms with van der Waals surface area (Å²) in [7, 11) is 1.62. The van der Waals surface area contributed by atoms with Gasteiger partial charge in [-0.05, 0) is 37.7 Å². The summed E-state index contributed by atoms with van der Waals surface area (Å²) in [6.45, 7) is 1.38. The van der Waals surface area contributed by atoms with Crippen LogP contribution in [0, 0.1) is 5.92 Å². The van der Waals surface area contributed by atoms with Crippen LogP contribution in [0.3, 0.4) is 0 Å². The molecular formula is C18H24O5. The van der Waals surface area contributed by atoms with Crippen molar-refractivity contribution < 1.29 is 24.1 Å². The second-order valence-electron chi connectivity index (χ2n) is 6.38. The molecule has 126 valence electrons. The number of aliphatic carboxylic acids is 1. The number of methoxy groups -OCH3 is 1. The van der Waals surface area contributed by atoms with Gasteiger partial charge >= 0.3 is 5.97 Å². The molecule has 5 nitrogen and oxygen atoms in total. The highest BCUT2D eigenvalue weighted by Gasteiger charge is 2.36. The van der Waals surface area contributed by atoms with Crippen molar-refractivity contribution in [3.05, 3.63) is 23.8 Å². The molecule has 2 aliphatic rings. The number of carboxylic acid groups (broad SMARTS) is 1. The Morgan fingerprint density at radius 3 is 2.83 bits per heavy atom. The van der Waals surface area contributed by atoms with Gasteiger partial charge in [0, 0.05) is 18.1 Å². The van der Waals surface area contributed by atoms with Gasteiger partial charge in [0.1, 0.15) is 6.10 Å². The average Bonchev–Trinajstić information content (AvgIpc) is 3.38. The summed E-state index contributed by atoms with van der Waals surface area (Å²) in [6, 6.07) is 5.78. The molecule has 23 heavy (non-hydrogen) atoms. The Kier molecular flexibility index (Phi) is 5.06. The zero-order valence-electron chi connectivity index (χ0n) is 13.5. The number of benzene rings is 1. The van der Waals surface area contributed by atoms with Gasteiger partial charge in [-0.25, -0.2) is 0 Å². The monoisotopic (exact) mass is 320 g/mol. The highest BCUT2D eigenvalue weighted by Crippen LogP contribution is 2.49. The van der Waals surface area contributed by atoms with Crippen LogP contribution in [0.5, 0.6) is 11.5 Å². The molecule has 1 aromatic carbocycles. The van der Waals surface area contributed by atoms with E-state index in [0.29, 0.717) is 24.0 Å². The molecule has 2 atom stereocenters. The van der Waals surface area contributed by atoms with Crippen LogP contribution in [0.1, 0.15) is 43.6 Å². The Morgan fingerprint density at radius 1 is 1.39 bits per heavy atom. The van der Waals surface area contributed by atoms with Crippen LogP contribution in [-0.4, -0.2) is 37.5 Å². The highest BCUT2D eigenvalue weighted by atomic mass is 16.5. The minimum Gasteiger partial charge on any atom is -0.493 e. The van der Waals surface area contributed by atoms with Crippen molar-refractivity contribution in [3.63, 3.8) is 0 Å². The first-order chi connectivity index (χ1) is 11.2. The molecule has 1 aliphatic carbocycles. The Hall–Kier alpha value is -1.75. The molecular weight excluding hydrogens is 296 g/mol. The predicted octanol–water partition coefficient (Wildman–Crippen LogP) is 3.22. The fraction of sp³-hybridized carbons (Fsp3) is 0.611. The largest absolute Gasteiger partial charge is 0.493 e. The molecule has 0 bridgehead atoms. The summed E-state index contributed by atoms with van der Waals surface area (Å²) in [5, 5.41) is 9.23. The Balaban J connectivity index is 1.84. The third-order valence-corrected chi connectivity index (χ3v) is 4.61. The van der Waals surface area contributed by atoms with E-state index >= 15 is 0 Å². The number of para-hydroxylation sites is 1. The van der Waals surface area contributed by atoms with Gasteiger partial charge in [0.15, 0.2) is 11.5 Å². The summed E-state index contributed by atoms with van der Waals surface area (Å²) in [5.41, 5.74) is 0.951. The van der Waals surface area contributed by atoms with Gasteiger partial charge < -0.3 is 19.3 Å². The molecule has 1 saturated carbocycles. The molecule has 0 spiro atoms. The summed E-state index contributed by atoms with van der Waals surface area (Å²) < 4.78 is 17.1. The molecule has 1 aliphatic heterocycles. The Labute approximate surface area is 136 Å². The van der Waals surface area contributed by atoms with E-state index < -0.39 is 5.97 Å². The van der Waals surface area contributed by atoms with Gasteiger partial charge in [-0.15, -0.1) is 0 Å². The van der Waals surface area contributed by atoms with E-state index in [1.54, 1.807) is 7.11 Å². The Bertz CT molecular complexity index is 546. The van der Waals surface area contributed by atoms with Crippen molar-refractivity contribution in [2.45, 2.75) is 44.1 Å². The first-order valence-corrected chi connectivity index (χ1v) is 8.32. The van der Waals surface area contributed by atoms with Crippen LogP contribution in [-0.2, 0) is 9.53 Å². The van der Waals surface area contributed by atoms with E-state index in [0.717, 1.165) is 37.9 Å². The first-order valence-electron chi connectivity index (χ1n) is 8.32. The second-order valence-corrected chi connectivity index (χ2v) is 6.38. The fourth-order valence-electron chi connectivity index (χ4n) is 3.34. The first kappa shape index (κ1) is 16.1. The molecule has 1 heterocycles. The maximum absolute atomic E-state index is 11.2. The van der Waals surface area contributed by atoms with Crippen LogP contribution in [0.4, 0.5) is 0 Å². The van der Waals surface area contributed by atoms with Gasteiger partial charge in [-0.2, -0.15) is 0 Å². The minimum absolute atomic E-state index is 0.00592. The molecule has 1 aromatic rings. The fourth-order valence-corrected chi connectivity index (χ4v) is 3.34. The third kappa shape index (κ3) is 3.96. The maximum atomic E-state index is 11.2. The minimum atomic E-state index is -0.768. The van der Waals surface area contributed by atoms with Crippen LogP contribution in [0.2, 0.25) is 0 Å². The molecule has 2 unspecified atom stereocenters. The van der Waals surface area contributed by atoms with E-state index in [4.69, 9.17) is 14.2 Å². The highest BCUT2D eigenvalue weighted by molar-refractivity contribution is 5.69. The van der Waals surface area contributed by atoms with E-state index in [2.05, 4.69) is 0 Å². The van der Waals surface area contributed by atoms with Crippen LogP contribution in [0.15, 0.2) is 18.2 Å². The Morgan fingerprint density at radius 2 is 2.22 bits per heavy atom. The van der Waals surface area contributed by atoms with Crippen molar-refractivity contribution in [1.82, 2.24) is 0 Å². The van der Waals surface area contributed by atoms with Gasteiger partial charge in [-0.1, -0.05) is 12.1 Å². The summed E-state index contributed by atoms with van der Waals surface area (Å²) in [4.78, 5) is 11.2. The lowest BCUT2D eigenvalue weighted by Gasteiger charge is -2.26. The molecule has 2 fully saturated rings. The lowest BCUT2D eigenvalue weighted by Crippen LogP contribution is -2.28. The standard InChI is InChI=1S/C18H24O5/c1-21-18-14(15(10-17(19)20)12-7-8-12)5-2-6-16(18)23-13-4-3-9-22-11-13/h2,5-6,12-13,15H,3-4,7-11H2,1H3,(H,19,20). The third-order valence-electron chi connectivity index (χ3n) is 4.61. The van der Waals surface area contributed by atoms with E-state index in [9.17, 15) is 9.90 Å². The van der Waals surface area contributed by atoms with Crippen LogP contribution < -0.4 is 9.47 Å². The molecule has 0 amide bonds. The van der Waals surface area contributed by atoms with Crippen molar-refractivity contribution >= 4 is 5.97 Å². The smallest absolute Gasteiger partial charge is 0.303 e. The van der Waals surface area contributed by atoms with Gasteiger partial charge in [0.05, 0.1) is 20.1 Å². The molecule has 3 rings (SSSR count). The number of ether oxygens (including phenoxy) is 3. The quantitative estimate of drug-likeness (QED) is 0.835. The normalized spacial score (nSPS) is 22.4. The van der Waals surface area contributed by atoms with Crippen molar-refractivity contribution in [2.75, 3.05) is 20.3 Å². The lowest BCUT2D eigenvalue weighted by molar-refractivity contribution is -0.137. The molecule has 1 saturated heterocycles. The van der Waals surface area contributed by atoms with Crippen molar-refractivity contribution in [3.8, 4) is 11.5 Å². The van der Waals surface area contributed by atoms with E-state index in [-0.39, 0.29) is 18.4 Å². The van der Waals surface area contributed by atoms with E-state index in [1.165, 1.54) is 0 Å². The summed E-state index contributed by atoms with van der Waals surface area (Å²) >= 11 is 0. The number of rotatable bonds is 7. The number of hydrogen-bond donors (Lipinski definition) is 1. The van der Waals surface area contributed by atoms with Crippen molar-refractivity contribution in [1.29, 1.82) is 0 Å². The zero-order chi connectivity index (χ0) is 16.2. The van der Waals surface area contributed by atoms with E-state index in [1.807, 2.05) is 18.2 Å². The number of hydrogen-bond acceptors (Lipinski definition) is 4. The molecule has 0 radical (unpaired) electrons. The average molecular weight is 320 g/mol. The number of carbonyl (C=O) groups is 1. The van der Waals surface area contributed by atoms with Crippen LogP contribution >= 0.6 is 0 Å². The van der Waals surface area contributed by atoms with Gasteiger partial charge in [0.25, 0.3) is 0 Å². The lowest BCUT2D eigenvalue weighted by atomic mass is 9.90. The predicted molar refractivity (Wildman–Crippen MR) is 85.2 cm³/mol. The maximum Gasteiger partial charge on any atom is 0.303 e. The zero-order valence-corrected chi connectivity index (χ0v) is 13.5. The topological polar surface area (TPSA) is 65.0 Å². The summed E-state index contributed by atoms with van der Waals surface area (Å²) in [5.74, 6) is 1.03. The molecule has 5 heteroatoms. The van der Waals surface area contributed by atoms with Crippen LogP contribution in [0.25, 0.3) is 0 Å². The van der Waals surface area contributed by atoms with Gasteiger partial charge in [-0.3, -0.25) is 4.79 Å². The second kappa shape index (κ2) is 7.21. The number of carboxylic acids is 1.